The number of carbonyl (C=O) groups excluding carboxylic acids is 1. The highest BCUT2D eigenvalue weighted by Crippen LogP contribution is 2.36. The monoisotopic (exact) mass is 195 g/mol. The van der Waals surface area contributed by atoms with Gasteiger partial charge in [0.2, 0.25) is 0 Å². The van der Waals surface area contributed by atoms with Gasteiger partial charge in [-0.3, -0.25) is 4.90 Å². The second-order valence-corrected chi connectivity index (χ2v) is 5.71. The molecule has 2 nitrogen and oxygen atoms in total. The Morgan fingerprint density at radius 1 is 1.29 bits per heavy atom. The molecule has 0 bridgehead atoms. The summed E-state index contributed by atoms with van der Waals surface area (Å²) in [5.41, 5.74) is -0.155. The van der Waals surface area contributed by atoms with Gasteiger partial charge in [0.15, 0.2) is 0 Å². The molecule has 0 spiro atoms. The van der Waals surface area contributed by atoms with E-state index in [1.165, 1.54) is 32.2 Å². The van der Waals surface area contributed by atoms with Crippen molar-refractivity contribution in [3.8, 4) is 0 Å². The van der Waals surface area contributed by atoms with Gasteiger partial charge in [-0.25, -0.2) is 0 Å². The summed E-state index contributed by atoms with van der Waals surface area (Å²) in [6.45, 7) is 6.28. The second-order valence-electron chi connectivity index (χ2n) is 5.71. The first-order chi connectivity index (χ1) is 6.61. The van der Waals surface area contributed by atoms with Gasteiger partial charge in [-0.2, -0.15) is 0 Å². The normalized spacial score (nSPS) is 22.8. The van der Waals surface area contributed by atoms with Crippen molar-refractivity contribution < 1.29 is 4.79 Å². The van der Waals surface area contributed by atoms with Crippen LogP contribution in [-0.2, 0) is 4.79 Å². The van der Waals surface area contributed by atoms with E-state index in [1.54, 1.807) is 0 Å². The lowest BCUT2D eigenvalue weighted by molar-refractivity contribution is -0.115. The van der Waals surface area contributed by atoms with Crippen LogP contribution < -0.4 is 0 Å². The Kier molecular flexibility index (Phi) is 2.65. The van der Waals surface area contributed by atoms with E-state index in [1.807, 2.05) is 13.8 Å². The van der Waals surface area contributed by atoms with E-state index in [-0.39, 0.29) is 5.41 Å². The molecule has 2 rings (SSSR count). The van der Waals surface area contributed by atoms with Crippen LogP contribution in [0.15, 0.2) is 0 Å². The molecule has 0 aliphatic heterocycles. The first-order valence-corrected chi connectivity index (χ1v) is 5.81. The van der Waals surface area contributed by atoms with Gasteiger partial charge in [-0.15, -0.1) is 0 Å². The highest BCUT2D eigenvalue weighted by atomic mass is 16.1. The predicted octanol–water partition coefficient (Wildman–Crippen LogP) is 2.09. The molecule has 0 atom stereocenters. The fourth-order valence-electron chi connectivity index (χ4n) is 1.98. The van der Waals surface area contributed by atoms with Crippen LogP contribution in [0.4, 0.5) is 0 Å². The van der Waals surface area contributed by atoms with Gasteiger partial charge in [0.25, 0.3) is 0 Å². The minimum absolute atomic E-state index is 0.155. The van der Waals surface area contributed by atoms with Gasteiger partial charge in [0, 0.05) is 24.5 Å². The summed E-state index contributed by atoms with van der Waals surface area (Å²) in [4.78, 5) is 13.4. The van der Waals surface area contributed by atoms with Crippen molar-refractivity contribution >= 4 is 6.29 Å². The molecular weight excluding hydrogens is 174 g/mol. The number of hydrogen-bond acceptors (Lipinski definition) is 2. The van der Waals surface area contributed by atoms with Crippen LogP contribution in [0.5, 0.6) is 0 Å². The molecule has 2 saturated carbocycles. The van der Waals surface area contributed by atoms with Crippen molar-refractivity contribution in [3.05, 3.63) is 0 Å². The standard InChI is InChI=1S/C12H21NO/c1-12(2,9-14)8-13(11-5-6-11)7-10-3-4-10/h9-11H,3-8H2,1-2H3. The SMILES string of the molecule is CC(C)(C=O)CN(CC1CC1)C1CC1. The molecule has 2 aliphatic rings. The fraction of sp³-hybridized carbons (Fsp3) is 0.917. The molecule has 0 saturated heterocycles. The molecule has 14 heavy (non-hydrogen) atoms. The van der Waals surface area contributed by atoms with Crippen LogP contribution in [0.1, 0.15) is 39.5 Å². The molecule has 0 aromatic heterocycles. The number of nitrogens with zero attached hydrogens (tertiary/aromatic N) is 1. The van der Waals surface area contributed by atoms with E-state index in [4.69, 9.17) is 0 Å². The van der Waals surface area contributed by atoms with Crippen molar-refractivity contribution in [2.24, 2.45) is 11.3 Å². The maximum Gasteiger partial charge on any atom is 0.126 e. The lowest BCUT2D eigenvalue weighted by Gasteiger charge is -2.28. The lowest BCUT2D eigenvalue weighted by Crippen LogP contribution is -2.38. The smallest absolute Gasteiger partial charge is 0.126 e. The Morgan fingerprint density at radius 3 is 2.36 bits per heavy atom. The van der Waals surface area contributed by atoms with Gasteiger partial charge in [0.05, 0.1) is 0 Å². The summed E-state index contributed by atoms with van der Waals surface area (Å²) in [6, 6.07) is 0.801. The van der Waals surface area contributed by atoms with Crippen molar-refractivity contribution in [1.29, 1.82) is 0 Å². The van der Waals surface area contributed by atoms with Crippen LogP contribution in [-0.4, -0.2) is 30.3 Å². The van der Waals surface area contributed by atoms with Crippen LogP contribution >= 0.6 is 0 Å². The molecule has 2 heteroatoms. The summed E-state index contributed by atoms with van der Waals surface area (Å²) in [5.74, 6) is 0.943. The average Bonchev–Trinajstić information content (AvgIpc) is 2.97. The first kappa shape index (κ1) is 10.2. The third kappa shape index (κ3) is 2.81. The van der Waals surface area contributed by atoms with Crippen LogP contribution in [0.2, 0.25) is 0 Å². The topological polar surface area (TPSA) is 20.3 Å². The summed E-state index contributed by atoms with van der Waals surface area (Å²) in [5, 5.41) is 0. The van der Waals surface area contributed by atoms with Crippen LogP contribution in [0.3, 0.4) is 0 Å². The van der Waals surface area contributed by atoms with E-state index in [0.717, 1.165) is 24.8 Å². The summed E-state index contributed by atoms with van der Waals surface area (Å²) in [7, 11) is 0. The van der Waals surface area contributed by atoms with E-state index < -0.39 is 0 Å². The summed E-state index contributed by atoms with van der Waals surface area (Å²) < 4.78 is 0. The molecule has 0 aromatic rings. The van der Waals surface area contributed by atoms with Gasteiger partial charge < -0.3 is 4.79 Å². The molecule has 0 unspecified atom stereocenters. The zero-order chi connectivity index (χ0) is 10.2. The number of aldehydes is 1. The molecule has 0 amide bonds. The van der Waals surface area contributed by atoms with Crippen molar-refractivity contribution in [2.45, 2.75) is 45.6 Å². The third-order valence-electron chi connectivity index (χ3n) is 3.18. The van der Waals surface area contributed by atoms with Crippen molar-refractivity contribution in [3.63, 3.8) is 0 Å². The Labute approximate surface area is 86.7 Å². The lowest BCUT2D eigenvalue weighted by atomic mass is 9.95. The quantitative estimate of drug-likeness (QED) is 0.605. The number of hydrogen-bond donors (Lipinski definition) is 0. The maximum atomic E-state index is 10.9. The van der Waals surface area contributed by atoms with Crippen molar-refractivity contribution in [1.82, 2.24) is 4.90 Å². The largest absolute Gasteiger partial charge is 0.303 e. The molecule has 2 fully saturated rings. The number of rotatable bonds is 6. The van der Waals surface area contributed by atoms with E-state index >= 15 is 0 Å². The molecule has 2 aliphatic carbocycles. The van der Waals surface area contributed by atoms with Gasteiger partial charge in [-0.05, 0) is 31.6 Å². The summed E-state index contributed by atoms with van der Waals surface area (Å²) >= 11 is 0. The molecule has 0 N–H and O–H groups in total. The Balaban J connectivity index is 1.85. The minimum Gasteiger partial charge on any atom is -0.303 e. The second kappa shape index (κ2) is 3.65. The highest BCUT2D eigenvalue weighted by Gasteiger charge is 2.36. The average molecular weight is 195 g/mol. The third-order valence-corrected chi connectivity index (χ3v) is 3.18. The van der Waals surface area contributed by atoms with E-state index in [9.17, 15) is 4.79 Å². The minimum atomic E-state index is -0.155. The van der Waals surface area contributed by atoms with Gasteiger partial charge in [0.1, 0.15) is 6.29 Å². The Morgan fingerprint density at radius 2 is 1.93 bits per heavy atom. The fourth-order valence-corrected chi connectivity index (χ4v) is 1.98. The van der Waals surface area contributed by atoms with Gasteiger partial charge in [-0.1, -0.05) is 13.8 Å². The maximum absolute atomic E-state index is 10.9. The van der Waals surface area contributed by atoms with Crippen LogP contribution in [0, 0.1) is 11.3 Å². The predicted molar refractivity (Wildman–Crippen MR) is 57.2 cm³/mol. The molecule has 0 aromatic carbocycles. The molecule has 0 radical (unpaired) electrons. The molecular formula is C12H21NO. The zero-order valence-corrected chi connectivity index (χ0v) is 9.33. The first-order valence-electron chi connectivity index (χ1n) is 5.81. The Hall–Kier alpha value is -0.370. The van der Waals surface area contributed by atoms with Gasteiger partial charge >= 0.3 is 0 Å². The van der Waals surface area contributed by atoms with Crippen LogP contribution in [0.25, 0.3) is 0 Å². The zero-order valence-electron chi connectivity index (χ0n) is 9.33. The molecule has 80 valence electrons. The molecule has 0 heterocycles. The summed E-state index contributed by atoms with van der Waals surface area (Å²) in [6.07, 6.45) is 6.62. The van der Waals surface area contributed by atoms with Crippen molar-refractivity contribution in [2.75, 3.05) is 13.1 Å². The van der Waals surface area contributed by atoms with E-state index in [0.29, 0.717) is 0 Å². The highest BCUT2D eigenvalue weighted by molar-refractivity contribution is 5.58. The number of carbonyl (C=O) groups is 1. The Bertz CT molecular complexity index is 216. The van der Waals surface area contributed by atoms with E-state index in [2.05, 4.69) is 4.90 Å².